The number of benzene rings is 2. The van der Waals surface area contributed by atoms with Crippen molar-refractivity contribution in [2.45, 2.75) is 19.7 Å². The third kappa shape index (κ3) is 4.24. The molecule has 2 aromatic carbocycles. The molecular formula is C21H24N4O. The second kappa shape index (κ2) is 8.06. The second-order valence-electron chi connectivity index (χ2n) is 6.70. The Morgan fingerprint density at radius 2 is 1.96 bits per heavy atom. The molecule has 0 bridgehead atoms. The molecule has 4 rings (SSSR count). The molecule has 26 heavy (non-hydrogen) atoms. The maximum atomic E-state index is 5.83. The lowest BCUT2D eigenvalue weighted by Crippen LogP contribution is -2.35. The fourth-order valence-corrected chi connectivity index (χ4v) is 3.26. The first-order chi connectivity index (χ1) is 12.9. The Balaban J connectivity index is 1.25. The molecule has 2 heterocycles. The Morgan fingerprint density at radius 3 is 2.88 bits per heavy atom. The fourth-order valence-electron chi connectivity index (χ4n) is 3.26. The van der Waals surface area contributed by atoms with Gasteiger partial charge in [0.1, 0.15) is 18.2 Å². The summed E-state index contributed by atoms with van der Waals surface area (Å²) in [6.45, 7) is 4.38. The monoisotopic (exact) mass is 348 g/mol. The van der Waals surface area contributed by atoms with E-state index in [2.05, 4.69) is 40.0 Å². The number of hydrogen-bond donors (Lipinski definition) is 2. The van der Waals surface area contributed by atoms with Crippen LogP contribution in [0.2, 0.25) is 0 Å². The van der Waals surface area contributed by atoms with Crippen molar-refractivity contribution in [3.63, 3.8) is 0 Å². The molecule has 0 saturated carbocycles. The Morgan fingerprint density at radius 1 is 1.08 bits per heavy atom. The van der Waals surface area contributed by atoms with Crippen LogP contribution < -0.4 is 15.4 Å². The van der Waals surface area contributed by atoms with Crippen LogP contribution in [-0.4, -0.2) is 22.9 Å². The Bertz CT molecular complexity index is 831. The zero-order chi connectivity index (χ0) is 17.6. The minimum absolute atomic E-state index is 0.548. The Kier molecular flexibility index (Phi) is 5.17. The van der Waals surface area contributed by atoms with Crippen LogP contribution >= 0.6 is 0 Å². The molecule has 1 atom stereocenters. The molecule has 0 spiro atoms. The van der Waals surface area contributed by atoms with Gasteiger partial charge in [0.2, 0.25) is 0 Å². The average Bonchev–Trinajstić information content (AvgIpc) is 3.15. The van der Waals surface area contributed by atoms with Crippen LogP contribution in [0.25, 0.3) is 0 Å². The number of nitrogens with zero attached hydrogens (tertiary/aromatic N) is 2. The Labute approximate surface area is 154 Å². The first-order valence-electron chi connectivity index (χ1n) is 9.09. The standard InChI is InChI=1S/C21H24N4O/c1-2-7-20(8-3-1)26-16-18-6-4-5-17(11-18)12-22-13-19-14-23-21-9-10-24-25(21)15-19/h1-11,19,22-23H,12-16H2. The number of rotatable bonds is 7. The molecule has 0 radical (unpaired) electrons. The molecule has 1 aliphatic rings. The number of anilines is 1. The van der Waals surface area contributed by atoms with Gasteiger partial charge in [0.25, 0.3) is 0 Å². The lowest BCUT2D eigenvalue weighted by Gasteiger charge is -2.25. The van der Waals surface area contributed by atoms with Gasteiger partial charge in [-0.05, 0) is 23.3 Å². The number of fused-ring (bicyclic) bond motifs is 1. The lowest BCUT2D eigenvalue weighted by atomic mass is 10.1. The van der Waals surface area contributed by atoms with Crippen LogP contribution in [0.4, 0.5) is 5.82 Å². The minimum Gasteiger partial charge on any atom is -0.489 e. The zero-order valence-corrected chi connectivity index (χ0v) is 14.8. The normalized spacial score (nSPS) is 15.9. The maximum absolute atomic E-state index is 5.83. The van der Waals surface area contributed by atoms with Crippen LogP contribution in [0.1, 0.15) is 11.1 Å². The first kappa shape index (κ1) is 16.7. The topological polar surface area (TPSA) is 51.1 Å². The highest BCUT2D eigenvalue weighted by Gasteiger charge is 2.17. The lowest BCUT2D eigenvalue weighted by molar-refractivity contribution is 0.306. The predicted octanol–water partition coefficient (Wildman–Crippen LogP) is 3.29. The van der Waals surface area contributed by atoms with Crippen LogP contribution in [0.15, 0.2) is 66.9 Å². The van der Waals surface area contributed by atoms with Crippen LogP contribution in [0.5, 0.6) is 5.75 Å². The van der Waals surface area contributed by atoms with Crippen molar-refractivity contribution in [2.75, 3.05) is 18.4 Å². The molecule has 1 aliphatic heterocycles. The number of nitrogens with one attached hydrogen (secondary N) is 2. The highest BCUT2D eigenvalue weighted by atomic mass is 16.5. The van der Waals surface area contributed by atoms with E-state index in [0.29, 0.717) is 12.5 Å². The van der Waals surface area contributed by atoms with Crippen molar-refractivity contribution in [3.05, 3.63) is 78.0 Å². The number of ether oxygens (including phenoxy) is 1. The van der Waals surface area contributed by atoms with Gasteiger partial charge >= 0.3 is 0 Å². The van der Waals surface area contributed by atoms with Gasteiger partial charge in [-0.15, -0.1) is 0 Å². The maximum Gasteiger partial charge on any atom is 0.124 e. The van der Waals surface area contributed by atoms with E-state index in [1.54, 1.807) is 0 Å². The van der Waals surface area contributed by atoms with Crippen molar-refractivity contribution < 1.29 is 4.74 Å². The zero-order valence-electron chi connectivity index (χ0n) is 14.8. The van der Waals surface area contributed by atoms with Gasteiger partial charge < -0.3 is 15.4 Å². The van der Waals surface area contributed by atoms with E-state index in [1.165, 1.54) is 11.1 Å². The number of hydrogen-bond acceptors (Lipinski definition) is 4. The summed E-state index contributed by atoms with van der Waals surface area (Å²) in [5.41, 5.74) is 2.47. The quantitative estimate of drug-likeness (QED) is 0.688. The van der Waals surface area contributed by atoms with Gasteiger partial charge in [0, 0.05) is 38.2 Å². The molecule has 1 unspecified atom stereocenters. The summed E-state index contributed by atoms with van der Waals surface area (Å²) < 4.78 is 7.87. The number of aromatic nitrogens is 2. The van der Waals surface area contributed by atoms with Crippen molar-refractivity contribution in [2.24, 2.45) is 5.92 Å². The third-order valence-electron chi connectivity index (χ3n) is 4.62. The van der Waals surface area contributed by atoms with Gasteiger partial charge in [-0.25, -0.2) is 4.68 Å². The molecule has 134 valence electrons. The predicted molar refractivity (Wildman–Crippen MR) is 103 cm³/mol. The molecule has 0 fully saturated rings. The highest BCUT2D eigenvalue weighted by Crippen LogP contribution is 2.16. The van der Waals surface area contributed by atoms with Crippen molar-refractivity contribution in [1.29, 1.82) is 0 Å². The van der Waals surface area contributed by atoms with Crippen LogP contribution in [-0.2, 0) is 19.7 Å². The largest absolute Gasteiger partial charge is 0.489 e. The van der Waals surface area contributed by atoms with Crippen molar-refractivity contribution in [1.82, 2.24) is 15.1 Å². The minimum atomic E-state index is 0.548. The summed E-state index contributed by atoms with van der Waals surface area (Å²) in [6, 6.07) is 20.5. The molecule has 0 aliphatic carbocycles. The second-order valence-corrected chi connectivity index (χ2v) is 6.70. The van der Waals surface area contributed by atoms with E-state index in [9.17, 15) is 0 Å². The highest BCUT2D eigenvalue weighted by molar-refractivity contribution is 5.35. The third-order valence-corrected chi connectivity index (χ3v) is 4.62. The summed E-state index contributed by atoms with van der Waals surface area (Å²) in [7, 11) is 0. The van der Waals surface area contributed by atoms with Gasteiger partial charge in [0.05, 0.1) is 6.20 Å². The van der Waals surface area contributed by atoms with Gasteiger partial charge in [-0.2, -0.15) is 5.10 Å². The fraction of sp³-hybridized carbons (Fsp3) is 0.286. The molecule has 1 aromatic heterocycles. The smallest absolute Gasteiger partial charge is 0.124 e. The molecule has 5 heteroatoms. The van der Waals surface area contributed by atoms with E-state index >= 15 is 0 Å². The van der Waals surface area contributed by atoms with Crippen LogP contribution in [0, 0.1) is 5.92 Å². The molecule has 0 amide bonds. The van der Waals surface area contributed by atoms with Gasteiger partial charge in [-0.3, -0.25) is 0 Å². The van der Waals surface area contributed by atoms with E-state index in [4.69, 9.17) is 4.74 Å². The Hall–Kier alpha value is -2.79. The summed E-state index contributed by atoms with van der Waals surface area (Å²) in [5.74, 6) is 2.57. The molecule has 3 aromatic rings. The summed E-state index contributed by atoms with van der Waals surface area (Å²) in [6.07, 6.45) is 1.85. The molecule has 5 nitrogen and oxygen atoms in total. The molecule has 0 saturated heterocycles. The molecule has 2 N–H and O–H groups in total. The van der Waals surface area contributed by atoms with E-state index in [-0.39, 0.29) is 0 Å². The summed E-state index contributed by atoms with van der Waals surface area (Å²) >= 11 is 0. The van der Waals surface area contributed by atoms with Gasteiger partial charge in [0.15, 0.2) is 0 Å². The van der Waals surface area contributed by atoms with Gasteiger partial charge in [-0.1, -0.05) is 42.5 Å². The first-order valence-corrected chi connectivity index (χ1v) is 9.09. The van der Waals surface area contributed by atoms with Crippen molar-refractivity contribution >= 4 is 5.82 Å². The van der Waals surface area contributed by atoms with E-state index in [0.717, 1.165) is 37.7 Å². The summed E-state index contributed by atoms with van der Waals surface area (Å²) in [4.78, 5) is 0. The average molecular weight is 348 g/mol. The summed E-state index contributed by atoms with van der Waals surface area (Å²) in [5, 5.41) is 11.3. The number of para-hydroxylation sites is 1. The van der Waals surface area contributed by atoms with Crippen LogP contribution in [0.3, 0.4) is 0 Å². The SMILES string of the molecule is c1ccc(OCc2cccc(CNCC3CNc4ccnn4C3)c2)cc1. The molecular weight excluding hydrogens is 324 g/mol. The van der Waals surface area contributed by atoms with Crippen molar-refractivity contribution in [3.8, 4) is 5.75 Å². The van der Waals surface area contributed by atoms with E-state index in [1.807, 2.05) is 47.3 Å². The van der Waals surface area contributed by atoms with E-state index < -0.39 is 0 Å².